The van der Waals surface area contributed by atoms with Gasteiger partial charge < -0.3 is 5.11 Å². The van der Waals surface area contributed by atoms with Gasteiger partial charge in [0.25, 0.3) is 5.56 Å². The van der Waals surface area contributed by atoms with Crippen molar-refractivity contribution in [3.8, 4) is 28.9 Å². The quantitative estimate of drug-likeness (QED) is 0.184. The normalized spacial score (nSPS) is 11.1. The van der Waals surface area contributed by atoms with Crippen LogP contribution in [0.3, 0.4) is 0 Å². The van der Waals surface area contributed by atoms with Crippen molar-refractivity contribution in [2.45, 2.75) is 13.5 Å². The predicted molar refractivity (Wildman–Crippen MR) is 155 cm³/mol. The number of allylic oxidation sites excluding steroid dienone is 1. The Morgan fingerprint density at radius 3 is 2.44 bits per heavy atom. The number of carbonyl (C=O) groups excluding carboxylic acids is 1. The Labute approximate surface area is 239 Å². The molecule has 1 N–H and O–H groups in total. The Hall–Kier alpha value is -5.26. The minimum Gasteiger partial charge on any atom is -0.494 e. The predicted octanol–water partition coefficient (Wildman–Crippen LogP) is 6.32. The fourth-order valence-corrected chi connectivity index (χ4v) is 4.69. The van der Waals surface area contributed by atoms with Crippen LogP contribution in [0.1, 0.15) is 32.6 Å². The SMILES string of the molecule is Cc1c(C(=O)/C=C/c2cn(-c3ccccc3)nc2-c2ccc(F)cc2)c(O)n(Cc2ccccc2Cl)c(=O)c1C#N. The summed E-state index contributed by atoms with van der Waals surface area (Å²) in [6.45, 7) is 1.31. The molecule has 41 heavy (non-hydrogen) atoms. The molecule has 2 aromatic heterocycles. The summed E-state index contributed by atoms with van der Waals surface area (Å²) in [5, 5.41) is 25.8. The number of para-hydroxylation sites is 1. The van der Waals surface area contributed by atoms with Gasteiger partial charge in [-0.05, 0) is 72.7 Å². The van der Waals surface area contributed by atoms with Crippen molar-refractivity contribution in [2.24, 2.45) is 0 Å². The van der Waals surface area contributed by atoms with E-state index in [1.165, 1.54) is 31.2 Å². The standard InChI is InChI=1S/C32H22ClFN4O3/c1-20-26(17-35)31(40)37(18-22-7-5-6-10-27(22)33)32(41)29(20)28(39)16-13-23-19-38(25-8-3-2-4-9-25)36-30(23)21-11-14-24(34)15-12-21/h2-16,19,41H,18H2,1H3/b16-13+. The van der Waals surface area contributed by atoms with Gasteiger partial charge in [-0.3, -0.25) is 14.2 Å². The van der Waals surface area contributed by atoms with E-state index in [1.54, 1.807) is 47.3 Å². The van der Waals surface area contributed by atoms with Gasteiger partial charge in [0.2, 0.25) is 5.88 Å². The van der Waals surface area contributed by atoms with E-state index < -0.39 is 23.0 Å². The highest BCUT2D eigenvalue weighted by molar-refractivity contribution is 6.31. The number of aromatic hydroxyl groups is 1. The molecule has 0 radical (unpaired) electrons. The van der Waals surface area contributed by atoms with Gasteiger partial charge in [0.1, 0.15) is 17.4 Å². The smallest absolute Gasteiger partial charge is 0.271 e. The zero-order valence-corrected chi connectivity index (χ0v) is 22.5. The summed E-state index contributed by atoms with van der Waals surface area (Å²) in [5.41, 5.74) is 1.90. The molecular formula is C32H22ClFN4O3. The fourth-order valence-electron chi connectivity index (χ4n) is 4.49. The molecule has 0 fully saturated rings. The van der Waals surface area contributed by atoms with Gasteiger partial charge in [-0.15, -0.1) is 0 Å². The van der Waals surface area contributed by atoms with Crippen LogP contribution in [0, 0.1) is 24.1 Å². The lowest BCUT2D eigenvalue weighted by Gasteiger charge is -2.15. The van der Waals surface area contributed by atoms with E-state index in [9.17, 15) is 24.3 Å². The molecule has 0 saturated carbocycles. The van der Waals surface area contributed by atoms with Crippen LogP contribution in [0.15, 0.2) is 95.9 Å². The Morgan fingerprint density at radius 1 is 1.07 bits per heavy atom. The van der Waals surface area contributed by atoms with Crippen LogP contribution in [0.5, 0.6) is 5.88 Å². The van der Waals surface area contributed by atoms with Crippen molar-refractivity contribution in [1.82, 2.24) is 14.3 Å². The molecule has 9 heteroatoms. The lowest BCUT2D eigenvalue weighted by Crippen LogP contribution is -2.27. The molecule has 2 heterocycles. The summed E-state index contributed by atoms with van der Waals surface area (Å²) in [6, 6.07) is 23.8. The van der Waals surface area contributed by atoms with Crippen LogP contribution in [0.4, 0.5) is 4.39 Å². The highest BCUT2D eigenvalue weighted by atomic mass is 35.5. The lowest BCUT2D eigenvalue weighted by molar-refractivity contribution is 0.104. The summed E-state index contributed by atoms with van der Waals surface area (Å²) < 4.78 is 16.2. The summed E-state index contributed by atoms with van der Waals surface area (Å²) >= 11 is 6.26. The third-order valence-electron chi connectivity index (χ3n) is 6.63. The molecule has 0 bridgehead atoms. The first kappa shape index (κ1) is 27.3. The molecule has 0 atom stereocenters. The number of aromatic nitrogens is 3. The molecule has 0 aliphatic carbocycles. The van der Waals surface area contributed by atoms with Gasteiger partial charge in [0.05, 0.1) is 23.5 Å². The lowest BCUT2D eigenvalue weighted by atomic mass is 10.00. The van der Waals surface area contributed by atoms with Crippen LogP contribution in [-0.4, -0.2) is 25.2 Å². The van der Waals surface area contributed by atoms with E-state index in [1.807, 2.05) is 36.4 Å². The summed E-state index contributed by atoms with van der Waals surface area (Å²) in [6.07, 6.45) is 4.50. The van der Waals surface area contributed by atoms with E-state index in [-0.39, 0.29) is 23.2 Å². The average molecular weight is 565 g/mol. The van der Waals surface area contributed by atoms with Crippen LogP contribution < -0.4 is 5.56 Å². The highest BCUT2D eigenvalue weighted by Crippen LogP contribution is 2.28. The number of carbonyl (C=O) groups is 1. The molecule has 202 valence electrons. The van der Waals surface area contributed by atoms with E-state index in [0.29, 0.717) is 27.4 Å². The first-order valence-electron chi connectivity index (χ1n) is 12.5. The Kier molecular flexibility index (Phi) is 7.64. The van der Waals surface area contributed by atoms with Crippen LogP contribution in [0.25, 0.3) is 23.0 Å². The second-order valence-electron chi connectivity index (χ2n) is 9.21. The van der Waals surface area contributed by atoms with Crippen LogP contribution >= 0.6 is 11.6 Å². The number of pyridine rings is 1. The molecule has 0 aliphatic heterocycles. The Bertz CT molecular complexity index is 1900. The van der Waals surface area contributed by atoms with E-state index in [0.717, 1.165) is 10.3 Å². The maximum Gasteiger partial charge on any atom is 0.271 e. The van der Waals surface area contributed by atoms with Gasteiger partial charge in [0, 0.05) is 22.3 Å². The zero-order valence-electron chi connectivity index (χ0n) is 21.8. The van der Waals surface area contributed by atoms with Crippen molar-refractivity contribution in [3.63, 3.8) is 0 Å². The fraction of sp³-hybridized carbons (Fsp3) is 0.0625. The van der Waals surface area contributed by atoms with Crippen molar-refractivity contribution in [3.05, 3.63) is 140 Å². The van der Waals surface area contributed by atoms with Gasteiger partial charge in [-0.2, -0.15) is 10.4 Å². The van der Waals surface area contributed by atoms with Crippen molar-refractivity contribution in [2.75, 3.05) is 0 Å². The van der Waals surface area contributed by atoms with Gasteiger partial charge in [-0.25, -0.2) is 9.07 Å². The van der Waals surface area contributed by atoms with Crippen LogP contribution in [0.2, 0.25) is 5.02 Å². The number of nitriles is 1. The molecule has 0 saturated heterocycles. The van der Waals surface area contributed by atoms with E-state index >= 15 is 0 Å². The number of hydrogen-bond donors (Lipinski definition) is 1. The molecule has 5 rings (SSSR count). The first-order chi connectivity index (χ1) is 19.8. The molecule has 3 aromatic carbocycles. The van der Waals surface area contributed by atoms with Crippen LogP contribution in [-0.2, 0) is 6.54 Å². The summed E-state index contributed by atoms with van der Waals surface area (Å²) in [5.74, 6) is -1.59. The molecule has 5 aromatic rings. The zero-order chi connectivity index (χ0) is 29.1. The van der Waals surface area contributed by atoms with Gasteiger partial charge >= 0.3 is 0 Å². The number of rotatable bonds is 7. The number of hydrogen-bond acceptors (Lipinski definition) is 5. The Morgan fingerprint density at radius 2 is 1.76 bits per heavy atom. The number of halogens is 2. The summed E-state index contributed by atoms with van der Waals surface area (Å²) in [4.78, 5) is 26.6. The Balaban J connectivity index is 1.59. The number of nitrogens with zero attached hydrogens (tertiary/aromatic N) is 4. The largest absolute Gasteiger partial charge is 0.494 e. The first-order valence-corrected chi connectivity index (χ1v) is 12.9. The number of ketones is 1. The molecule has 0 spiro atoms. The topological polar surface area (TPSA) is 101 Å². The second-order valence-corrected chi connectivity index (χ2v) is 9.62. The van der Waals surface area contributed by atoms with E-state index in [4.69, 9.17) is 11.6 Å². The maximum absolute atomic E-state index is 13.6. The molecular weight excluding hydrogens is 543 g/mol. The highest BCUT2D eigenvalue weighted by Gasteiger charge is 2.23. The van der Waals surface area contributed by atoms with Gasteiger partial charge in [0.15, 0.2) is 5.78 Å². The van der Waals surface area contributed by atoms with Crippen molar-refractivity contribution >= 4 is 23.5 Å². The molecule has 0 aliphatic rings. The van der Waals surface area contributed by atoms with Crippen molar-refractivity contribution in [1.29, 1.82) is 5.26 Å². The third-order valence-corrected chi connectivity index (χ3v) is 7.00. The van der Waals surface area contributed by atoms with E-state index in [2.05, 4.69) is 5.10 Å². The minimum absolute atomic E-state index is 0.0683. The monoisotopic (exact) mass is 564 g/mol. The maximum atomic E-state index is 13.6. The molecule has 0 amide bonds. The number of benzene rings is 3. The molecule has 0 unspecified atom stereocenters. The summed E-state index contributed by atoms with van der Waals surface area (Å²) in [7, 11) is 0. The minimum atomic E-state index is -0.731. The second kappa shape index (κ2) is 11.5. The van der Waals surface area contributed by atoms with Crippen molar-refractivity contribution < 1.29 is 14.3 Å². The average Bonchev–Trinajstić information content (AvgIpc) is 3.40. The third kappa shape index (κ3) is 5.44. The molecule has 7 nitrogen and oxygen atoms in total. The van der Waals surface area contributed by atoms with Gasteiger partial charge in [-0.1, -0.05) is 48.0 Å².